The van der Waals surface area contributed by atoms with Gasteiger partial charge in [0.2, 0.25) is 0 Å². The van der Waals surface area contributed by atoms with Gasteiger partial charge in [-0.1, -0.05) is 11.6 Å². The number of aliphatic hydroxyl groups is 1. The summed E-state index contributed by atoms with van der Waals surface area (Å²) in [4.78, 5) is 0. The van der Waals surface area contributed by atoms with Crippen LogP contribution in [0.15, 0.2) is 12.3 Å². The maximum absolute atomic E-state index is 14.4. The number of rotatable bonds is 2. The number of hydrogen-bond donors (Lipinski definition) is 1. The highest BCUT2D eigenvalue weighted by molar-refractivity contribution is 6.36. The van der Waals surface area contributed by atoms with Crippen LogP contribution in [0, 0.1) is 5.82 Å². The molecule has 112 valence electrons. The topological polar surface area (TPSA) is 47.3 Å². The van der Waals surface area contributed by atoms with Crippen molar-refractivity contribution in [3.05, 3.63) is 28.7 Å². The van der Waals surface area contributed by atoms with Crippen molar-refractivity contribution in [3.8, 4) is 0 Å². The molecule has 1 aromatic heterocycles. The zero-order chi connectivity index (χ0) is 14.6. The van der Waals surface area contributed by atoms with Gasteiger partial charge in [0.05, 0.1) is 22.3 Å². The van der Waals surface area contributed by atoms with Gasteiger partial charge in [0, 0.05) is 23.6 Å². The van der Waals surface area contributed by atoms with Gasteiger partial charge in [-0.25, -0.2) is 9.07 Å². The molecule has 4 nitrogen and oxygen atoms in total. The molecular weight excluding hydrogens is 295 g/mol. The van der Waals surface area contributed by atoms with E-state index in [4.69, 9.17) is 16.3 Å². The van der Waals surface area contributed by atoms with E-state index in [2.05, 4.69) is 5.10 Å². The number of ether oxygens (including phenoxy) is 1. The lowest BCUT2D eigenvalue weighted by atomic mass is 10.0. The second-order valence-electron chi connectivity index (χ2n) is 5.92. The van der Waals surface area contributed by atoms with Crippen LogP contribution in [-0.2, 0) is 10.3 Å². The van der Waals surface area contributed by atoms with E-state index in [1.807, 2.05) is 0 Å². The van der Waals surface area contributed by atoms with Crippen molar-refractivity contribution in [1.82, 2.24) is 9.78 Å². The minimum absolute atomic E-state index is 0.165. The molecule has 2 aromatic rings. The van der Waals surface area contributed by atoms with Crippen molar-refractivity contribution < 1.29 is 14.2 Å². The van der Waals surface area contributed by atoms with Crippen molar-refractivity contribution >= 4 is 22.5 Å². The molecule has 2 aliphatic rings. The number of hydrogen-bond acceptors (Lipinski definition) is 3. The number of aromatic nitrogens is 2. The first-order valence-electron chi connectivity index (χ1n) is 7.30. The molecule has 1 unspecified atom stereocenters. The molecule has 4 rings (SSSR count). The maximum Gasteiger partial charge on any atom is 0.150 e. The highest BCUT2D eigenvalue weighted by atomic mass is 35.5. The van der Waals surface area contributed by atoms with E-state index < -0.39 is 11.4 Å². The molecule has 0 spiro atoms. The highest BCUT2D eigenvalue weighted by Gasteiger charge is 2.46. The van der Waals surface area contributed by atoms with Crippen molar-refractivity contribution in [2.45, 2.75) is 43.9 Å². The standard InChI is InChI=1S/C15H16ClFN2O2/c16-14-9-8-18-19(12-3-1-2-6-21-12)11(9)7-10(17)13(14)15(20)4-5-15/h7-8,12,20H,1-6H2. The van der Waals surface area contributed by atoms with E-state index in [1.165, 1.54) is 6.07 Å². The van der Waals surface area contributed by atoms with Gasteiger partial charge in [0.1, 0.15) is 5.82 Å². The van der Waals surface area contributed by atoms with Crippen LogP contribution in [0.3, 0.4) is 0 Å². The summed E-state index contributed by atoms with van der Waals surface area (Å²) in [5.41, 5.74) is -0.267. The normalized spacial score (nSPS) is 24.4. The molecule has 6 heteroatoms. The summed E-state index contributed by atoms with van der Waals surface area (Å²) in [5.74, 6) is -0.468. The fourth-order valence-corrected chi connectivity index (χ4v) is 3.47. The zero-order valence-corrected chi connectivity index (χ0v) is 12.2. The van der Waals surface area contributed by atoms with Gasteiger partial charge >= 0.3 is 0 Å². The lowest BCUT2D eigenvalue weighted by Gasteiger charge is -2.23. The van der Waals surface area contributed by atoms with E-state index in [-0.39, 0.29) is 16.8 Å². The molecule has 1 aliphatic carbocycles. The van der Waals surface area contributed by atoms with E-state index in [0.717, 1.165) is 19.3 Å². The average molecular weight is 311 g/mol. The summed E-state index contributed by atoms with van der Waals surface area (Å²) in [6.07, 6.45) is 5.54. The molecule has 2 fully saturated rings. The van der Waals surface area contributed by atoms with Crippen LogP contribution in [0.1, 0.15) is 43.9 Å². The predicted molar refractivity (Wildman–Crippen MR) is 76.7 cm³/mol. The largest absolute Gasteiger partial charge is 0.385 e. The molecule has 1 aliphatic heterocycles. The fourth-order valence-electron chi connectivity index (χ4n) is 3.06. The Bertz CT molecular complexity index is 705. The molecular formula is C15H16ClFN2O2. The summed E-state index contributed by atoms with van der Waals surface area (Å²) < 4.78 is 21.8. The van der Waals surface area contributed by atoms with Crippen LogP contribution in [0.5, 0.6) is 0 Å². The van der Waals surface area contributed by atoms with Crippen molar-refractivity contribution in [2.24, 2.45) is 0 Å². The van der Waals surface area contributed by atoms with E-state index in [0.29, 0.717) is 30.4 Å². The molecule has 21 heavy (non-hydrogen) atoms. The molecule has 2 heterocycles. The summed E-state index contributed by atoms with van der Waals surface area (Å²) in [7, 11) is 0. The smallest absolute Gasteiger partial charge is 0.150 e. The Morgan fingerprint density at radius 2 is 2.24 bits per heavy atom. The minimum atomic E-state index is -1.10. The Balaban J connectivity index is 1.85. The predicted octanol–water partition coefficient (Wildman–Crippen LogP) is 3.51. The molecule has 0 bridgehead atoms. The lowest BCUT2D eigenvalue weighted by Crippen LogP contribution is -2.19. The molecule has 0 amide bonds. The summed E-state index contributed by atoms with van der Waals surface area (Å²) in [5, 5.41) is 15.5. The van der Waals surface area contributed by atoms with Gasteiger partial charge in [-0.2, -0.15) is 5.10 Å². The second kappa shape index (κ2) is 4.66. The molecule has 1 saturated carbocycles. The minimum Gasteiger partial charge on any atom is -0.385 e. The Kier molecular flexibility index (Phi) is 3.00. The van der Waals surface area contributed by atoms with Crippen LogP contribution in [0.25, 0.3) is 10.9 Å². The van der Waals surface area contributed by atoms with Gasteiger partial charge < -0.3 is 9.84 Å². The lowest BCUT2D eigenvalue weighted by molar-refractivity contribution is -0.0366. The van der Waals surface area contributed by atoms with Crippen LogP contribution in [-0.4, -0.2) is 21.5 Å². The van der Waals surface area contributed by atoms with Crippen LogP contribution in [0.2, 0.25) is 5.02 Å². The summed E-state index contributed by atoms with van der Waals surface area (Å²) >= 11 is 6.33. The number of fused-ring (bicyclic) bond motifs is 1. The van der Waals surface area contributed by atoms with Gasteiger partial charge in [0.15, 0.2) is 6.23 Å². The van der Waals surface area contributed by atoms with E-state index in [1.54, 1.807) is 10.9 Å². The van der Waals surface area contributed by atoms with E-state index >= 15 is 0 Å². The first-order valence-corrected chi connectivity index (χ1v) is 7.68. The van der Waals surface area contributed by atoms with Crippen molar-refractivity contribution in [1.29, 1.82) is 0 Å². The fraction of sp³-hybridized carbons (Fsp3) is 0.533. The number of halogens is 2. The molecule has 1 atom stereocenters. The van der Waals surface area contributed by atoms with Gasteiger partial charge in [-0.3, -0.25) is 0 Å². The Morgan fingerprint density at radius 1 is 1.43 bits per heavy atom. The van der Waals surface area contributed by atoms with Crippen molar-refractivity contribution in [3.63, 3.8) is 0 Å². The molecule has 0 radical (unpaired) electrons. The van der Waals surface area contributed by atoms with Crippen LogP contribution in [0.4, 0.5) is 4.39 Å². The molecule has 1 saturated heterocycles. The quantitative estimate of drug-likeness (QED) is 0.923. The third-order valence-electron chi connectivity index (χ3n) is 4.41. The number of benzene rings is 1. The third-order valence-corrected chi connectivity index (χ3v) is 4.80. The Morgan fingerprint density at radius 3 is 2.90 bits per heavy atom. The Labute approximate surface area is 126 Å². The maximum atomic E-state index is 14.4. The highest BCUT2D eigenvalue weighted by Crippen LogP contribution is 2.50. The monoisotopic (exact) mass is 310 g/mol. The van der Waals surface area contributed by atoms with Crippen LogP contribution < -0.4 is 0 Å². The van der Waals surface area contributed by atoms with Gasteiger partial charge in [0.25, 0.3) is 0 Å². The third kappa shape index (κ3) is 2.06. The van der Waals surface area contributed by atoms with E-state index in [9.17, 15) is 9.50 Å². The zero-order valence-electron chi connectivity index (χ0n) is 11.5. The molecule has 1 N–H and O–H groups in total. The Hall–Kier alpha value is -1.17. The average Bonchev–Trinajstić information content (AvgIpc) is 3.06. The molecule has 1 aromatic carbocycles. The SMILES string of the molecule is OC1(c2c(F)cc3c(cnn3C3CCCCO3)c2Cl)CC1. The second-order valence-corrected chi connectivity index (χ2v) is 6.30. The van der Waals surface area contributed by atoms with Crippen molar-refractivity contribution in [2.75, 3.05) is 6.61 Å². The number of nitrogens with zero attached hydrogens (tertiary/aromatic N) is 2. The van der Waals surface area contributed by atoms with Crippen LogP contribution >= 0.6 is 11.6 Å². The van der Waals surface area contributed by atoms with Gasteiger partial charge in [-0.15, -0.1) is 0 Å². The summed E-state index contributed by atoms with van der Waals surface area (Å²) in [6.45, 7) is 0.695. The summed E-state index contributed by atoms with van der Waals surface area (Å²) in [6, 6.07) is 1.41. The first-order chi connectivity index (χ1) is 10.1. The first kappa shape index (κ1) is 13.5. The van der Waals surface area contributed by atoms with Gasteiger partial charge in [-0.05, 0) is 32.1 Å².